The van der Waals surface area contributed by atoms with E-state index in [1.54, 1.807) is 24.2 Å². The summed E-state index contributed by atoms with van der Waals surface area (Å²) in [5.41, 5.74) is 1.81. The maximum Gasteiger partial charge on any atom is 0.416 e. The number of hydrogen-bond acceptors (Lipinski definition) is 5. The van der Waals surface area contributed by atoms with E-state index in [0.717, 1.165) is 22.7 Å². The summed E-state index contributed by atoms with van der Waals surface area (Å²) in [7, 11) is 1.79. The number of nitrogens with zero attached hydrogens (tertiary/aromatic N) is 5. The lowest BCUT2D eigenvalue weighted by molar-refractivity contribution is -0.138. The summed E-state index contributed by atoms with van der Waals surface area (Å²) in [6.07, 6.45) is -0.957. The van der Waals surface area contributed by atoms with Crippen LogP contribution >= 0.6 is 0 Å². The second-order valence-corrected chi connectivity index (χ2v) is 8.88. The van der Waals surface area contributed by atoms with Crippen LogP contribution in [0, 0.1) is 6.92 Å². The smallest absolute Gasteiger partial charge is 0.363 e. The minimum Gasteiger partial charge on any atom is -0.363 e. The minimum atomic E-state index is -4.42. The third-order valence-corrected chi connectivity index (χ3v) is 6.65. The van der Waals surface area contributed by atoms with Gasteiger partial charge in [0, 0.05) is 43.6 Å². The van der Waals surface area contributed by atoms with Crippen LogP contribution in [0.5, 0.6) is 0 Å². The molecule has 0 unspecified atom stereocenters. The summed E-state index contributed by atoms with van der Waals surface area (Å²) in [6, 6.07) is 9.65. The van der Waals surface area contributed by atoms with E-state index in [4.69, 9.17) is 0 Å². The number of piperazine rings is 1. The Labute approximate surface area is 200 Å². The lowest BCUT2D eigenvalue weighted by atomic mass is 9.97. The number of imidazole rings is 1. The second-order valence-electron chi connectivity index (χ2n) is 8.88. The van der Waals surface area contributed by atoms with E-state index in [2.05, 4.69) is 15.3 Å². The van der Waals surface area contributed by atoms with Crippen LogP contribution in [0.25, 0.3) is 16.7 Å². The standard InChI is InChI=1S/C25H25F3N6O/c1-15-18(5-4-6-20(15)25(26,27)28)16(2)30-23-19-13-17(33-12-11-32(3)22(35)14-33)7-8-21(19)34-10-9-29-24(34)31-23/h4-10,13,16H,11-12,14H2,1-3H3,(H,29,30,31)/t16-/m1/s1. The number of amides is 1. The molecule has 1 amide bonds. The van der Waals surface area contributed by atoms with Crippen molar-refractivity contribution in [3.8, 4) is 0 Å². The molecule has 35 heavy (non-hydrogen) atoms. The first-order valence-electron chi connectivity index (χ1n) is 11.3. The van der Waals surface area contributed by atoms with Gasteiger partial charge in [0.2, 0.25) is 11.7 Å². The molecule has 1 fully saturated rings. The van der Waals surface area contributed by atoms with Gasteiger partial charge in [0.25, 0.3) is 0 Å². The van der Waals surface area contributed by atoms with Gasteiger partial charge in [-0.15, -0.1) is 0 Å². The van der Waals surface area contributed by atoms with Crippen LogP contribution in [0.1, 0.15) is 29.7 Å². The summed E-state index contributed by atoms with van der Waals surface area (Å²) in [6.45, 7) is 4.92. The fourth-order valence-electron chi connectivity index (χ4n) is 4.65. The highest BCUT2D eigenvalue weighted by Gasteiger charge is 2.33. The molecule has 2 aromatic carbocycles. The first kappa shape index (κ1) is 22.9. The van der Waals surface area contributed by atoms with Crippen LogP contribution in [0.2, 0.25) is 0 Å². The van der Waals surface area contributed by atoms with Gasteiger partial charge >= 0.3 is 6.18 Å². The number of aromatic nitrogens is 3. The maximum absolute atomic E-state index is 13.5. The van der Waals surface area contributed by atoms with Crippen molar-refractivity contribution >= 4 is 34.1 Å². The number of rotatable bonds is 4. The number of likely N-dealkylation sites (N-methyl/N-ethyl adjacent to an activating group) is 1. The zero-order chi connectivity index (χ0) is 24.9. The van der Waals surface area contributed by atoms with Gasteiger partial charge in [-0.05, 0) is 49.2 Å². The van der Waals surface area contributed by atoms with E-state index in [1.807, 2.05) is 40.6 Å². The molecule has 1 aliphatic heterocycles. The van der Waals surface area contributed by atoms with Gasteiger partial charge in [-0.2, -0.15) is 18.2 Å². The molecular formula is C25H25F3N6O. The van der Waals surface area contributed by atoms with Crippen LogP contribution < -0.4 is 10.2 Å². The Balaban J connectivity index is 1.57. The van der Waals surface area contributed by atoms with Crippen molar-refractivity contribution < 1.29 is 18.0 Å². The van der Waals surface area contributed by atoms with Crippen LogP contribution in [0.4, 0.5) is 24.7 Å². The fraction of sp³-hybridized carbons (Fsp3) is 0.320. The Morgan fingerprint density at radius 1 is 1.14 bits per heavy atom. The largest absolute Gasteiger partial charge is 0.416 e. The SMILES string of the molecule is Cc1c([C@@H](C)Nc2nc3nccn3c3ccc(N4CCN(C)C(=O)C4)cc23)cccc1C(F)(F)F. The molecule has 10 heteroatoms. The molecule has 1 N–H and O–H groups in total. The summed E-state index contributed by atoms with van der Waals surface area (Å²) >= 11 is 0. The predicted molar refractivity (Wildman–Crippen MR) is 129 cm³/mol. The lowest BCUT2D eigenvalue weighted by Gasteiger charge is -2.33. The number of hydrogen-bond donors (Lipinski definition) is 1. The predicted octanol–water partition coefficient (Wildman–Crippen LogP) is 4.66. The number of nitrogens with one attached hydrogen (secondary N) is 1. The molecular weight excluding hydrogens is 457 g/mol. The number of alkyl halides is 3. The van der Waals surface area contributed by atoms with Gasteiger partial charge in [0.1, 0.15) is 5.82 Å². The normalized spacial score (nSPS) is 15.8. The summed E-state index contributed by atoms with van der Waals surface area (Å²) in [5, 5.41) is 4.11. The Morgan fingerprint density at radius 3 is 2.69 bits per heavy atom. The van der Waals surface area contributed by atoms with Gasteiger partial charge in [-0.1, -0.05) is 12.1 Å². The average Bonchev–Trinajstić information content (AvgIpc) is 3.28. The number of halogens is 3. The topological polar surface area (TPSA) is 65.8 Å². The van der Waals surface area contributed by atoms with E-state index in [-0.39, 0.29) is 18.0 Å². The van der Waals surface area contributed by atoms with Crippen molar-refractivity contribution in [2.75, 3.05) is 36.9 Å². The highest BCUT2D eigenvalue weighted by atomic mass is 19.4. The van der Waals surface area contributed by atoms with Crippen molar-refractivity contribution in [3.63, 3.8) is 0 Å². The molecule has 1 saturated heterocycles. The molecule has 3 heterocycles. The van der Waals surface area contributed by atoms with Crippen LogP contribution in [-0.2, 0) is 11.0 Å². The highest BCUT2D eigenvalue weighted by Crippen LogP contribution is 2.36. The quantitative estimate of drug-likeness (QED) is 0.458. The monoisotopic (exact) mass is 482 g/mol. The molecule has 7 nitrogen and oxygen atoms in total. The van der Waals surface area contributed by atoms with E-state index < -0.39 is 17.8 Å². The average molecular weight is 483 g/mol. The number of benzene rings is 2. The van der Waals surface area contributed by atoms with Crippen molar-refractivity contribution in [2.45, 2.75) is 26.1 Å². The molecule has 1 aliphatic rings. The molecule has 0 spiro atoms. The van der Waals surface area contributed by atoms with E-state index in [9.17, 15) is 18.0 Å². The Hall–Kier alpha value is -3.82. The highest BCUT2D eigenvalue weighted by molar-refractivity contribution is 5.94. The van der Waals surface area contributed by atoms with Crippen molar-refractivity contribution in [2.24, 2.45) is 0 Å². The summed E-state index contributed by atoms with van der Waals surface area (Å²) in [5.74, 6) is 1.05. The van der Waals surface area contributed by atoms with Crippen molar-refractivity contribution in [3.05, 3.63) is 65.5 Å². The third-order valence-electron chi connectivity index (χ3n) is 6.65. The molecule has 2 aromatic heterocycles. The molecule has 0 bridgehead atoms. The van der Waals surface area contributed by atoms with Gasteiger partial charge in [0.15, 0.2) is 0 Å². The minimum absolute atomic E-state index is 0.0477. The van der Waals surface area contributed by atoms with E-state index in [0.29, 0.717) is 30.2 Å². The zero-order valence-corrected chi connectivity index (χ0v) is 19.6. The van der Waals surface area contributed by atoms with Gasteiger partial charge < -0.3 is 15.1 Å². The number of fused-ring (bicyclic) bond motifs is 3. The van der Waals surface area contributed by atoms with Gasteiger partial charge in [-0.3, -0.25) is 9.20 Å². The Kier molecular flexibility index (Phi) is 5.53. The fourth-order valence-corrected chi connectivity index (χ4v) is 4.65. The van der Waals surface area contributed by atoms with Crippen LogP contribution in [-0.4, -0.2) is 51.9 Å². The second kappa shape index (κ2) is 8.44. The first-order valence-corrected chi connectivity index (χ1v) is 11.3. The maximum atomic E-state index is 13.5. The van der Waals surface area contributed by atoms with Gasteiger partial charge in [0.05, 0.1) is 23.7 Å². The molecule has 1 atom stereocenters. The number of carbonyl (C=O) groups excluding carboxylic acids is 1. The van der Waals surface area contributed by atoms with Gasteiger partial charge in [-0.25, -0.2) is 4.98 Å². The summed E-state index contributed by atoms with van der Waals surface area (Å²) in [4.78, 5) is 24.9. The molecule has 5 rings (SSSR count). The number of carbonyl (C=O) groups is 1. The first-order chi connectivity index (χ1) is 16.6. The van der Waals surface area contributed by atoms with Crippen molar-refractivity contribution in [1.29, 1.82) is 0 Å². The Bertz CT molecular complexity index is 1430. The number of anilines is 2. The Morgan fingerprint density at radius 2 is 1.94 bits per heavy atom. The molecule has 4 aromatic rings. The molecule has 0 aliphatic carbocycles. The zero-order valence-electron chi connectivity index (χ0n) is 19.6. The van der Waals surface area contributed by atoms with Crippen molar-refractivity contribution in [1.82, 2.24) is 19.3 Å². The molecule has 0 saturated carbocycles. The molecule has 0 radical (unpaired) electrons. The van der Waals surface area contributed by atoms with E-state index in [1.165, 1.54) is 13.0 Å². The van der Waals surface area contributed by atoms with Crippen LogP contribution in [0.3, 0.4) is 0 Å². The molecule has 182 valence electrons. The summed E-state index contributed by atoms with van der Waals surface area (Å²) < 4.78 is 42.3. The lowest BCUT2D eigenvalue weighted by Crippen LogP contribution is -2.48. The third kappa shape index (κ3) is 4.13. The van der Waals surface area contributed by atoms with Crippen LogP contribution in [0.15, 0.2) is 48.8 Å². The van der Waals surface area contributed by atoms with E-state index >= 15 is 0 Å².